The van der Waals surface area contributed by atoms with Crippen molar-refractivity contribution in [2.24, 2.45) is 4.99 Å². The number of halogens is 1. The molecule has 0 fully saturated rings. The number of carbonyl (C=O) groups is 1. The molecule has 3 aromatic rings. The average Bonchev–Trinajstić information content (AvgIpc) is 2.86. The van der Waals surface area contributed by atoms with Crippen LogP contribution in [0.2, 0.25) is 5.02 Å². The highest BCUT2D eigenvalue weighted by atomic mass is 35.5. The molecule has 0 atom stereocenters. The topological polar surface area (TPSA) is 86.6 Å². The summed E-state index contributed by atoms with van der Waals surface area (Å²) in [4.78, 5) is 16.8. The third kappa shape index (κ3) is 6.33. The summed E-state index contributed by atoms with van der Waals surface area (Å²) in [6, 6.07) is 13.3. The molecule has 1 N–H and O–H groups in total. The van der Waals surface area contributed by atoms with E-state index in [1.807, 2.05) is 24.3 Å². The maximum Gasteiger partial charge on any atom is 0.203 e. The molecule has 7 nitrogen and oxygen atoms in total. The molecule has 0 spiro atoms. The molecule has 0 amide bonds. The molecule has 0 bridgehead atoms. The van der Waals surface area contributed by atoms with Gasteiger partial charge in [0.15, 0.2) is 23.0 Å². The monoisotopic (exact) mass is 495 g/mol. The fourth-order valence-electron chi connectivity index (χ4n) is 3.38. The predicted molar refractivity (Wildman–Crippen MR) is 138 cm³/mol. The Hall–Kier alpha value is -3.97. The third-order valence-corrected chi connectivity index (χ3v) is 5.38. The Balaban J connectivity index is 1.85. The zero-order valence-electron chi connectivity index (χ0n) is 19.9. The largest absolute Gasteiger partial charge is 0.508 e. The SMILES string of the molecule is COc1cc(/C=C\c2cc(Cl)c(OC)c(N=CCC(=O)c3ccc(O)cc3)c2)cc(OC)c1OC. The predicted octanol–water partition coefficient (Wildman–Crippen LogP) is 6.23. The summed E-state index contributed by atoms with van der Waals surface area (Å²) in [7, 11) is 6.18. The van der Waals surface area contributed by atoms with E-state index in [4.69, 9.17) is 30.5 Å². The minimum absolute atomic E-state index is 0.0804. The Bertz CT molecular complexity index is 1230. The second-order valence-electron chi connectivity index (χ2n) is 7.33. The zero-order valence-corrected chi connectivity index (χ0v) is 20.6. The van der Waals surface area contributed by atoms with Gasteiger partial charge in [-0.05, 0) is 59.7 Å². The van der Waals surface area contributed by atoms with Gasteiger partial charge in [0.1, 0.15) is 11.4 Å². The van der Waals surface area contributed by atoms with Gasteiger partial charge in [0.25, 0.3) is 0 Å². The Kier molecular flexibility index (Phi) is 8.75. The van der Waals surface area contributed by atoms with E-state index >= 15 is 0 Å². The van der Waals surface area contributed by atoms with Crippen molar-refractivity contribution in [2.75, 3.05) is 28.4 Å². The number of aliphatic imine (C=N–C) groups is 1. The van der Waals surface area contributed by atoms with Crippen LogP contribution in [0.25, 0.3) is 12.2 Å². The van der Waals surface area contributed by atoms with E-state index in [1.54, 1.807) is 45.6 Å². The van der Waals surface area contributed by atoms with Crippen molar-refractivity contribution >= 4 is 41.4 Å². The summed E-state index contributed by atoms with van der Waals surface area (Å²) < 4.78 is 21.6. The molecule has 0 radical (unpaired) electrons. The summed E-state index contributed by atoms with van der Waals surface area (Å²) in [5.74, 6) is 1.98. The smallest absolute Gasteiger partial charge is 0.203 e. The lowest BCUT2D eigenvalue weighted by Gasteiger charge is -2.13. The molecule has 0 aliphatic heterocycles. The van der Waals surface area contributed by atoms with Crippen molar-refractivity contribution in [3.05, 3.63) is 70.2 Å². The molecular formula is C27H26ClNO6. The van der Waals surface area contributed by atoms with Crippen LogP contribution in [-0.2, 0) is 0 Å². The lowest BCUT2D eigenvalue weighted by molar-refractivity contribution is 0.100. The highest BCUT2D eigenvalue weighted by molar-refractivity contribution is 6.32. The quantitative estimate of drug-likeness (QED) is 0.204. The van der Waals surface area contributed by atoms with Gasteiger partial charge in [0.2, 0.25) is 5.75 Å². The number of hydrogen-bond acceptors (Lipinski definition) is 7. The van der Waals surface area contributed by atoms with Gasteiger partial charge in [-0.1, -0.05) is 23.8 Å². The standard InChI is InChI=1S/C27H26ClNO6/c1-32-24-15-18(16-25(33-2)27(24)35-4)6-5-17-13-21(28)26(34-3)22(14-17)29-12-11-23(31)19-7-9-20(30)10-8-19/h5-10,12-16,30H,11H2,1-4H3/b6-5-,29-12?. The van der Waals surface area contributed by atoms with Crippen molar-refractivity contribution in [3.63, 3.8) is 0 Å². The first-order valence-corrected chi connectivity index (χ1v) is 11.0. The summed E-state index contributed by atoms with van der Waals surface area (Å²) >= 11 is 6.42. The van der Waals surface area contributed by atoms with E-state index in [0.717, 1.165) is 11.1 Å². The molecule has 0 aromatic heterocycles. The van der Waals surface area contributed by atoms with Gasteiger partial charge in [-0.2, -0.15) is 0 Å². The maximum atomic E-state index is 12.4. The number of carbonyl (C=O) groups excluding carboxylic acids is 1. The van der Waals surface area contributed by atoms with Crippen LogP contribution in [0, 0.1) is 0 Å². The Morgan fingerprint density at radius 2 is 1.43 bits per heavy atom. The number of hydrogen-bond donors (Lipinski definition) is 1. The van der Waals surface area contributed by atoms with E-state index in [1.165, 1.54) is 25.5 Å². The van der Waals surface area contributed by atoms with Gasteiger partial charge in [-0.25, -0.2) is 0 Å². The highest BCUT2D eigenvalue weighted by Gasteiger charge is 2.13. The fourth-order valence-corrected chi connectivity index (χ4v) is 3.68. The molecule has 0 heterocycles. The van der Waals surface area contributed by atoms with Crippen molar-refractivity contribution in [1.29, 1.82) is 0 Å². The van der Waals surface area contributed by atoms with Crippen LogP contribution in [-0.4, -0.2) is 45.5 Å². The van der Waals surface area contributed by atoms with Crippen molar-refractivity contribution in [1.82, 2.24) is 0 Å². The number of ketones is 1. The van der Waals surface area contributed by atoms with E-state index in [2.05, 4.69) is 4.99 Å². The average molecular weight is 496 g/mol. The summed E-state index contributed by atoms with van der Waals surface area (Å²) in [6.07, 6.45) is 5.34. The molecule has 0 aliphatic carbocycles. The maximum absolute atomic E-state index is 12.4. The molecule has 0 saturated carbocycles. The highest BCUT2D eigenvalue weighted by Crippen LogP contribution is 2.39. The summed E-state index contributed by atoms with van der Waals surface area (Å²) in [5.41, 5.74) is 2.59. The molecule has 0 aliphatic rings. The summed E-state index contributed by atoms with van der Waals surface area (Å²) in [6.45, 7) is 0. The van der Waals surface area contributed by atoms with Gasteiger partial charge in [0, 0.05) is 18.2 Å². The zero-order chi connectivity index (χ0) is 25.4. The number of rotatable bonds is 10. The first-order valence-electron chi connectivity index (χ1n) is 10.6. The molecule has 35 heavy (non-hydrogen) atoms. The fraction of sp³-hybridized carbons (Fsp3) is 0.185. The minimum atomic E-state index is -0.128. The normalized spacial score (nSPS) is 11.1. The lowest BCUT2D eigenvalue weighted by Crippen LogP contribution is -1.98. The summed E-state index contributed by atoms with van der Waals surface area (Å²) in [5, 5.41) is 9.76. The van der Waals surface area contributed by atoms with Gasteiger partial charge in [-0.15, -0.1) is 0 Å². The van der Waals surface area contributed by atoms with Crippen LogP contribution in [0.15, 0.2) is 53.5 Å². The number of methoxy groups -OCH3 is 4. The lowest BCUT2D eigenvalue weighted by atomic mass is 10.1. The van der Waals surface area contributed by atoms with Crippen molar-refractivity contribution in [2.45, 2.75) is 6.42 Å². The molecule has 0 saturated heterocycles. The van der Waals surface area contributed by atoms with E-state index in [9.17, 15) is 9.90 Å². The number of benzene rings is 3. The molecule has 3 aromatic carbocycles. The number of nitrogens with zero attached hydrogens (tertiary/aromatic N) is 1. The van der Waals surface area contributed by atoms with Crippen LogP contribution in [0.3, 0.4) is 0 Å². The number of Topliss-reactive ketones (excluding diaryl/α,β-unsaturated/α-hetero) is 1. The first kappa shape index (κ1) is 25.6. The van der Waals surface area contributed by atoms with E-state index < -0.39 is 0 Å². The van der Waals surface area contributed by atoms with Crippen LogP contribution >= 0.6 is 11.6 Å². The number of ether oxygens (including phenoxy) is 4. The molecular weight excluding hydrogens is 470 g/mol. The second-order valence-corrected chi connectivity index (χ2v) is 7.74. The van der Waals surface area contributed by atoms with Crippen LogP contribution < -0.4 is 18.9 Å². The van der Waals surface area contributed by atoms with Gasteiger partial charge >= 0.3 is 0 Å². The number of aromatic hydroxyl groups is 1. The molecule has 8 heteroatoms. The number of phenolic OH excluding ortho intramolecular Hbond substituents is 1. The van der Waals surface area contributed by atoms with Gasteiger partial charge in [0.05, 0.1) is 33.5 Å². The molecule has 0 unspecified atom stereocenters. The minimum Gasteiger partial charge on any atom is -0.508 e. The van der Waals surface area contributed by atoms with Crippen molar-refractivity contribution < 1.29 is 28.8 Å². The van der Waals surface area contributed by atoms with Gasteiger partial charge in [-0.3, -0.25) is 9.79 Å². The van der Waals surface area contributed by atoms with E-state index in [-0.39, 0.29) is 18.0 Å². The van der Waals surface area contributed by atoms with Crippen LogP contribution in [0.5, 0.6) is 28.7 Å². The van der Waals surface area contributed by atoms with Crippen molar-refractivity contribution in [3.8, 4) is 28.7 Å². The molecule has 182 valence electrons. The van der Waals surface area contributed by atoms with Gasteiger partial charge < -0.3 is 24.1 Å². The first-order chi connectivity index (χ1) is 16.9. The van der Waals surface area contributed by atoms with E-state index in [0.29, 0.717) is 39.3 Å². The van der Waals surface area contributed by atoms with Crippen LogP contribution in [0.1, 0.15) is 27.9 Å². The Morgan fingerprint density at radius 1 is 0.857 bits per heavy atom. The Labute approximate surface area is 209 Å². The Morgan fingerprint density at radius 3 is 1.97 bits per heavy atom. The third-order valence-electron chi connectivity index (χ3n) is 5.10. The number of phenols is 1. The second kappa shape index (κ2) is 11.9. The van der Waals surface area contributed by atoms with Crippen LogP contribution in [0.4, 0.5) is 5.69 Å². The molecule has 3 rings (SSSR count).